The Kier molecular flexibility index (Phi) is 6.25. The molecule has 2 aliphatic heterocycles. The van der Waals surface area contributed by atoms with E-state index < -0.39 is 11.6 Å². The third-order valence-electron chi connectivity index (χ3n) is 6.98. The Bertz CT molecular complexity index is 1440. The summed E-state index contributed by atoms with van der Waals surface area (Å²) in [6, 6.07) is 4.15. The van der Waals surface area contributed by atoms with Gasteiger partial charge in [-0.2, -0.15) is 0 Å². The number of ether oxygens (including phenoxy) is 1. The molecule has 3 aromatic heterocycles. The Balaban J connectivity index is 1.53. The molecule has 2 aliphatic rings. The first-order valence-electron chi connectivity index (χ1n) is 12.5. The van der Waals surface area contributed by atoms with Gasteiger partial charge in [0, 0.05) is 79.7 Å². The van der Waals surface area contributed by atoms with Crippen LogP contribution in [0, 0.1) is 18.6 Å². The van der Waals surface area contributed by atoms with Crippen LogP contribution in [0.2, 0.25) is 0 Å². The van der Waals surface area contributed by atoms with E-state index in [1.54, 1.807) is 18.6 Å². The maximum atomic E-state index is 15.3. The summed E-state index contributed by atoms with van der Waals surface area (Å²) in [7, 11) is 0. The number of rotatable bonds is 5. The van der Waals surface area contributed by atoms with Crippen molar-refractivity contribution in [2.45, 2.75) is 19.8 Å². The predicted molar refractivity (Wildman–Crippen MR) is 139 cm³/mol. The molecule has 0 saturated carbocycles. The van der Waals surface area contributed by atoms with Crippen LogP contribution in [0.15, 0.2) is 43.1 Å². The summed E-state index contributed by atoms with van der Waals surface area (Å²) >= 11 is 0. The molecule has 0 unspecified atom stereocenters. The van der Waals surface area contributed by atoms with E-state index >= 15 is 4.39 Å². The summed E-state index contributed by atoms with van der Waals surface area (Å²) in [6.45, 7) is 6.36. The highest BCUT2D eigenvalue weighted by molar-refractivity contribution is 5.99. The molecule has 0 radical (unpaired) electrons. The van der Waals surface area contributed by atoms with Gasteiger partial charge in [-0.15, -0.1) is 0 Å². The van der Waals surface area contributed by atoms with E-state index in [2.05, 4.69) is 25.1 Å². The maximum Gasteiger partial charge on any atom is 0.137 e. The van der Waals surface area contributed by atoms with Crippen molar-refractivity contribution in [3.05, 3.63) is 60.3 Å². The fraction of sp³-hybridized carbons (Fsp3) is 0.333. The molecule has 190 valence electrons. The number of benzene rings is 1. The van der Waals surface area contributed by atoms with Gasteiger partial charge in [0.05, 0.1) is 35.5 Å². The SMILES string of the molecule is Cc1c(N2CCCC2)nc2cc(F)cc(F)c2c1Nc1cc(N2CCOCC2)ncc1-c1cncnc1. The molecule has 8 nitrogen and oxygen atoms in total. The zero-order valence-corrected chi connectivity index (χ0v) is 20.5. The standard InChI is InChI=1S/C27H27F2N7O/c1-17-26(25-21(29)10-19(28)11-23(25)34-27(17)36-4-2-3-5-36)33-22-12-24(35-6-8-37-9-7-35)32-15-20(22)18-13-30-16-31-14-18/h10-16H,2-9H2,1H3,(H,32,33,34). The maximum absolute atomic E-state index is 15.3. The Hall–Kier alpha value is -3.92. The quantitative estimate of drug-likeness (QED) is 0.414. The second kappa shape index (κ2) is 9.85. The van der Waals surface area contributed by atoms with Crippen molar-refractivity contribution in [2.24, 2.45) is 0 Å². The molecule has 0 aliphatic carbocycles. The number of morpholine rings is 1. The molecule has 1 aromatic carbocycles. The predicted octanol–water partition coefficient (Wildman–Crippen LogP) is 4.85. The Labute approximate surface area is 213 Å². The van der Waals surface area contributed by atoms with E-state index in [9.17, 15) is 4.39 Å². The lowest BCUT2D eigenvalue weighted by Crippen LogP contribution is -2.36. The van der Waals surface area contributed by atoms with E-state index in [-0.39, 0.29) is 10.9 Å². The van der Waals surface area contributed by atoms with Crippen molar-refractivity contribution in [3.63, 3.8) is 0 Å². The second-order valence-electron chi connectivity index (χ2n) is 9.35. The molecule has 0 bridgehead atoms. The molecular weight excluding hydrogens is 476 g/mol. The van der Waals surface area contributed by atoms with E-state index in [1.165, 1.54) is 12.4 Å². The topological polar surface area (TPSA) is 79.3 Å². The van der Waals surface area contributed by atoms with Crippen LogP contribution in [0.25, 0.3) is 22.0 Å². The van der Waals surface area contributed by atoms with Crippen molar-refractivity contribution in [2.75, 3.05) is 54.5 Å². The minimum absolute atomic E-state index is 0.252. The van der Waals surface area contributed by atoms with Crippen molar-refractivity contribution in [1.82, 2.24) is 19.9 Å². The zero-order chi connectivity index (χ0) is 25.4. The van der Waals surface area contributed by atoms with Crippen LogP contribution >= 0.6 is 0 Å². The first kappa shape index (κ1) is 23.5. The number of nitrogens with zero attached hydrogens (tertiary/aromatic N) is 6. The minimum atomic E-state index is -0.659. The Morgan fingerprint density at radius 2 is 1.68 bits per heavy atom. The van der Waals surface area contributed by atoms with Gasteiger partial charge in [0.15, 0.2) is 0 Å². The lowest BCUT2D eigenvalue weighted by molar-refractivity contribution is 0.122. The summed E-state index contributed by atoms with van der Waals surface area (Å²) in [6.07, 6.45) is 8.80. The van der Waals surface area contributed by atoms with Gasteiger partial charge in [-0.25, -0.2) is 28.7 Å². The molecule has 1 N–H and O–H groups in total. The molecule has 6 rings (SSSR count). The van der Waals surface area contributed by atoms with E-state index in [4.69, 9.17) is 14.7 Å². The lowest BCUT2D eigenvalue weighted by Gasteiger charge is -2.29. The highest BCUT2D eigenvalue weighted by Gasteiger charge is 2.24. The molecule has 4 aromatic rings. The van der Waals surface area contributed by atoms with Crippen molar-refractivity contribution < 1.29 is 13.5 Å². The Morgan fingerprint density at radius 1 is 0.919 bits per heavy atom. The van der Waals surface area contributed by atoms with Crippen LogP contribution in [-0.2, 0) is 4.74 Å². The zero-order valence-electron chi connectivity index (χ0n) is 20.5. The molecule has 0 atom stereocenters. The van der Waals surface area contributed by atoms with E-state index in [0.717, 1.165) is 79.1 Å². The first-order chi connectivity index (χ1) is 18.1. The summed E-state index contributed by atoms with van der Waals surface area (Å²) in [4.78, 5) is 22.1. The highest BCUT2D eigenvalue weighted by atomic mass is 19.1. The highest BCUT2D eigenvalue weighted by Crippen LogP contribution is 2.40. The van der Waals surface area contributed by atoms with Gasteiger partial charge in [-0.05, 0) is 19.8 Å². The van der Waals surface area contributed by atoms with E-state index in [0.29, 0.717) is 18.9 Å². The smallest absolute Gasteiger partial charge is 0.137 e. The molecule has 0 amide bonds. The van der Waals surface area contributed by atoms with Crippen LogP contribution in [0.4, 0.5) is 31.8 Å². The van der Waals surface area contributed by atoms with Gasteiger partial charge >= 0.3 is 0 Å². The van der Waals surface area contributed by atoms with Crippen molar-refractivity contribution in [3.8, 4) is 11.1 Å². The third kappa shape index (κ3) is 4.53. The minimum Gasteiger partial charge on any atom is -0.378 e. The molecule has 2 saturated heterocycles. The second-order valence-corrected chi connectivity index (χ2v) is 9.35. The molecule has 5 heterocycles. The lowest BCUT2D eigenvalue weighted by atomic mass is 10.1. The average molecular weight is 504 g/mol. The fourth-order valence-corrected chi connectivity index (χ4v) is 5.10. The van der Waals surface area contributed by atoms with Crippen molar-refractivity contribution in [1.29, 1.82) is 0 Å². The number of hydrogen-bond donors (Lipinski definition) is 1. The van der Waals surface area contributed by atoms with Gasteiger partial charge < -0.3 is 19.9 Å². The van der Waals surface area contributed by atoms with Gasteiger partial charge in [0.25, 0.3) is 0 Å². The fourth-order valence-electron chi connectivity index (χ4n) is 5.10. The molecule has 10 heteroatoms. The van der Waals surface area contributed by atoms with Crippen LogP contribution in [0.3, 0.4) is 0 Å². The number of anilines is 4. The summed E-state index contributed by atoms with van der Waals surface area (Å²) in [5.41, 5.74) is 3.90. The molecule has 2 fully saturated rings. The van der Waals surface area contributed by atoms with Crippen LogP contribution in [0.1, 0.15) is 18.4 Å². The van der Waals surface area contributed by atoms with Gasteiger partial charge in [-0.3, -0.25) is 0 Å². The van der Waals surface area contributed by atoms with Crippen LogP contribution in [0.5, 0.6) is 0 Å². The number of aromatic nitrogens is 4. The monoisotopic (exact) mass is 503 g/mol. The van der Waals surface area contributed by atoms with Gasteiger partial charge in [0.2, 0.25) is 0 Å². The first-order valence-corrected chi connectivity index (χ1v) is 12.5. The normalized spacial score (nSPS) is 16.0. The number of hydrogen-bond acceptors (Lipinski definition) is 8. The summed E-state index contributed by atoms with van der Waals surface area (Å²) in [5.74, 6) is 0.215. The third-order valence-corrected chi connectivity index (χ3v) is 6.98. The van der Waals surface area contributed by atoms with E-state index in [1.807, 2.05) is 13.0 Å². The van der Waals surface area contributed by atoms with Crippen LogP contribution < -0.4 is 15.1 Å². The summed E-state index contributed by atoms with van der Waals surface area (Å²) < 4.78 is 35.1. The van der Waals surface area contributed by atoms with Gasteiger partial charge in [-0.1, -0.05) is 0 Å². The number of nitrogens with one attached hydrogen (secondary N) is 1. The summed E-state index contributed by atoms with van der Waals surface area (Å²) in [5, 5.41) is 3.76. The molecule has 37 heavy (non-hydrogen) atoms. The number of fused-ring (bicyclic) bond motifs is 1. The van der Waals surface area contributed by atoms with Gasteiger partial charge in [0.1, 0.15) is 29.6 Å². The number of halogens is 2. The average Bonchev–Trinajstić information content (AvgIpc) is 3.46. The number of pyridine rings is 2. The largest absolute Gasteiger partial charge is 0.378 e. The Morgan fingerprint density at radius 3 is 2.43 bits per heavy atom. The molecule has 0 spiro atoms. The molecular formula is C27H27F2N7O. The van der Waals surface area contributed by atoms with Crippen LogP contribution in [-0.4, -0.2) is 59.3 Å². The van der Waals surface area contributed by atoms with Crippen molar-refractivity contribution >= 4 is 33.9 Å².